The maximum absolute atomic E-state index is 13.3. The third-order valence-electron chi connectivity index (χ3n) is 12.5. The van der Waals surface area contributed by atoms with E-state index in [-0.39, 0.29) is 17.4 Å². The fourth-order valence-electron chi connectivity index (χ4n) is 10.6. The minimum Gasteiger partial charge on any atom is -0.393 e. The largest absolute Gasteiger partial charge is 0.393 e. The van der Waals surface area contributed by atoms with Crippen LogP contribution in [0.4, 0.5) is 0 Å². The van der Waals surface area contributed by atoms with Crippen LogP contribution in [-0.2, 0) is 4.79 Å². The number of Topliss-reactive ketones (excluding diaryl/α,β-unsaturated/α-hetero) is 1. The molecule has 0 aromatic rings. The van der Waals surface area contributed by atoms with E-state index in [4.69, 9.17) is 0 Å². The topological polar surface area (TPSA) is 40.5 Å². The zero-order chi connectivity index (χ0) is 21.7. The number of rotatable bonds is 0. The number of ketones is 1. The molecule has 4 aliphatic carbocycles. The van der Waals surface area contributed by atoms with Gasteiger partial charge in [0, 0.05) is 31.0 Å². The van der Waals surface area contributed by atoms with Gasteiger partial charge in [-0.3, -0.25) is 9.69 Å². The molecule has 1 N–H and O–H groups in total. The summed E-state index contributed by atoms with van der Waals surface area (Å²) in [5.74, 6) is 7.01. The Morgan fingerprint density at radius 3 is 2.45 bits per heavy atom. The molecule has 3 nitrogen and oxygen atoms in total. The van der Waals surface area contributed by atoms with Gasteiger partial charge in [0.05, 0.1) is 6.10 Å². The van der Waals surface area contributed by atoms with Crippen molar-refractivity contribution in [1.82, 2.24) is 4.90 Å². The van der Waals surface area contributed by atoms with Crippen LogP contribution in [0.3, 0.4) is 0 Å². The molecule has 3 heteroatoms. The van der Waals surface area contributed by atoms with Gasteiger partial charge >= 0.3 is 0 Å². The lowest BCUT2D eigenvalue weighted by Gasteiger charge is -2.61. The second-order valence-electron chi connectivity index (χ2n) is 13.6. The van der Waals surface area contributed by atoms with E-state index >= 15 is 0 Å². The van der Waals surface area contributed by atoms with Crippen LogP contribution >= 0.6 is 0 Å². The highest BCUT2D eigenvalue weighted by molar-refractivity contribution is 5.83. The van der Waals surface area contributed by atoms with Crippen LogP contribution in [0, 0.1) is 58.7 Å². The Morgan fingerprint density at radius 2 is 1.65 bits per heavy atom. The Kier molecular flexibility index (Phi) is 4.81. The Morgan fingerprint density at radius 1 is 0.871 bits per heavy atom. The number of carbonyl (C=O) groups is 1. The van der Waals surface area contributed by atoms with E-state index in [9.17, 15) is 9.90 Å². The number of fused-ring (bicyclic) bond motifs is 8. The minimum atomic E-state index is -0.246. The maximum Gasteiger partial charge on any atom is 0.136 e. The summed E-state index contributed by atoms with van der Waals surface area (Å²) < 4.78 is 0. The van der Waals surface area contributed by atoms with Crippen LogP contribution in [0.25, 0.3) is 0 Å². The predicted molar refractivity (Wildman–Crippen MR) is 123 cm³/mol. The van der Waals surface area contributed by atoms with Crippen LogP contribution in [0.1, 0.15) is 85.5 Å². The number of aliphatic hydroxyl groups is 1. The smallest absolute Gasteiger partial charge is 0.136 e. The fraction of sp³-hybridized carbons (Fsp3) is 0.964. The summed E-state index contributed by atoms with van der Waals surface area (Å²) in [7, 11) is 0. The van der Waals surface area contributed by atoms with Crippen molar-refractivity contribution in [2.45, 2.75) is 97.1 Å². The molecule has 0 amide bonds. The van der Waals surface area contributed by atoms with Gasteiger partial charge in [0.25, 0.3) is 0 Å². The van der Waals surface area contributed by atoms with E-state index in [1.54, 1.807) is 0 Å². The van der Waals surface area contributed by atoms with Gasteiger partial charge in [0.1, 0.15) is 5.78 Å². The van der Waals surface area contributed by atoms with Crippen molar-refractivity contribution in [2.24, 2.45) is 58.7 Å². The molecule has 0 radical (unpaired) electrons. The van der Waals surface area contributed by atoms with Crippen LogP contribution < -0.4 is 0 Å². The minimum absolute atomic E-state index is 0.130. The van der Waals surface area contributed by atoms with Crippen molar-refractivity contribution >= 4 is 5.78 Å². The molecular weight excluding hydrogens is 382 g/mol. The van der Waals surface area contributed by atoms with E-state index in [1.165, 1.54) is 45.2 Å². The molecule has 2 saturated heterocycles. The van der Waals surface area contributed by atoms with Crippen LogP contribution in [0.5, 0.6) is 0 Å². The highest BCUT2D eigenvalue weighted by atomic mass is 16.3. The van der Waals surface area contributed by atoms with E-state index in [0.717, 1.165) is 67.1 Å². The molecule has 6 aliphatic rings. The lowest BCUT2D eigenvalue weighted by molar-refractivity contribution is -0.145. The van der Waals surface area contributed by atoms with E-state index < -0.39 is 0 Å². The average molecular weight is 428 g/mol. The van der Waals surface area contributed by atoms with Crippen molar-refractivity contribution in [3.05, 3.63) is 0 Å². The summed E-state index contributed by atoms with van der Waals surface area (Å²) in [6.45, 7) is 12.7. The molecule has 6 rings (SSSR count). The van der Waals surface area contributed by atoms with Gasteiger partial charge in [-0.05, 0) is 111 Å². The number of carbonyl (C=O) groups excluding carboxylic acids is 1. The third kappa shape index (κ3) is 2.87. The van der Waals surface area contributed by atoms with Gasteiger partial charge in [-0.2, -0.15) is 0 Å². The molecule has 12 unspecified atom stereocenters. The Balaban J connectivity index is 1.30. The quantitative estimate of drug-likeness (QED) is 0.580. The molecule has 4 saturated carbocycles. The van der Waals surface area contributed by atoms with Crippen molar-refractivity contribution in [3.63, 3.8) is 0 Å². The second kappa shape index (κ2) is 7.05. The number of aliphatic hydroxyl groups excluding tert-OH is 1. The summed E-state index contributed by atoms with van der Waals surface area (Å²) in [5, 5.41) is 10.3. The zero-order valence-electron chi connectivity index (χ0n) is 20.4. The summed E-state index contributed by atoms with van der Waals surface area (Å²) in [4.78, 5) is 16.2. The highest BCUT2D eigenvalue weighted by Gasteiger charge is 2.63. The number of nitrogens with zero attached hydrogens (tertiary/aromatic N) is 1. The first-order valence-corrected chi connectivity index (χ1v) is 13.7. The standard InChI is InChI=1S/C28H45NO2/c1-16-7-10-28(4)17(2)19-5-6-20-21(23(19)15-29(28)14-16)12-24-22(20)13-26(31)25-11-18(30)8-9-27(24,25)3/h16-25,30H,5-15H2,1-4H3. The summed E-state index contributed by atoms with van der Waals surface area (Å²) >= 11 is 0. The van der Waals surface area contributed by atoms with Crippen LogP contribution in [-0.4, -0.2) is 40.5 Å². The zero-order valence-corrected chi connectivity index (χ0v) is 20.4. The maximum atomic E-state index is 13.3. The second-order valence-corrected chi connectivity index (χ2v) is 13.6. The summed E-state index contributed by atoms with van der Waals surface area (Å²) in [6.07, 6.45) is 10.2. The number of hydrogen-bond acceptors (Lipinski definition) is 3. The van der Waals surface area contributed by atoms with Gasteiger partial charge in [0.15, 0.2) is 0 Å². The molecule has 0 aromatic carbocycles. The highest BCUT2D eigenvalue weighted by Crippen LogP contribution is 2.66. The molecule has 12 atom stereocenters. The first-order chi connectivity index (χ1) is 14.7. The molecule has 0 spiro atoms. The summed E-state index contributed by atoms with van der Waals surface area (Å²) in [6, 6.07) is 0. The first-order valence-electron chi connectivity index (χ1n) is 13.7. The average Bonchev–Trinajstić information content (AvgIpc) is 3.11. The molecule has 31 heavy (non-hydrogen) atoms. The molecule has 2 heterocycles. The van der Waals surface area contributed by atoms with Crippen molar-refractivity contribution in [3.8, 4) is 0 Å². The molecule has 0 bridgehead atoms. The Labute approximate surface area is 189 Å². The van der Waals surface area contributed by atoms with Crippen molar-refractivity contribution < 1.29 is 9.90 Å². The normalized spacial score (nSPS) is 59.2. The van der Waals surface area contributed by atoms with Crippen molar-refractivity contribution in [2.75, 3.05) is 13.1 Å². The van der Waals surface area contributed by atoms with Gasteiger partial charge in [-0.15, -0.1) is 0 Å². The fourth-order valence-corrected chi connectivity index (χ4v) is 10.6. The SMILES string of the molecule is CC1CCC2(C)C(C)C3CCC4C(CC5C4CC(=O)C4CC(O)CCC45C)C3CN2C1. The Hall–Kier alpha value is -0.410. The van der Waals surface area contributed by atoms with Gasteiger partial charge in [0.2, 0.25) is 0 Å². The van der Waals surface area contributed by atoms with Gasteiger partial charge < -0.3 is 5.11 Å². The van der Waals surface area contributed by atoms with Gasteiger partial charge in [-0.25, -0.2) is 0 Å². The van der Waals surface area contributed by atoms with Crippen molar-refractivity contribution in [1.29, 1.82) is 0 Å². The van der Waals surface area contributed by atoms with E-state index in [2.05, 4.69) is 32.6 Å². The molecule has 2 aliphatic heterocycles. The molecule has 174 valence electrons. The lowest BCUT2D eigenvalue weighted by Crippen LogP contribution is -2.65. The van der Waals surface area contributed by atoms with E-state index in [0.29, 0.717) is 17.2 Å². The Bertz CT molecular complexity index is 747. The monoisotopic (exact) mass is 427 g/mol. The number of hydrogen-bond donors (Lipinski definition) is 1. The first kappa shape index (κ1) is 21.1. The lowest BCUT2D eigenvalue weighted by atomic mass is 9.51. The van der Waals surface area contributed by atoms with E-state index in [1.807, 2.05) is 0 Å². The molecular formula is C28H45NO2. The van der Waals surface area contributed by atoms with Gasteiger partial charge in [-0.1, -0.05) is 20.8 Å². The van der Waals surface area contributed by atoms with Crippen LogP contribution in [0.2, 0.25) is 0 Å². The number of piperidine rings is 2. The van der Waals surface area contributed by atoms with Crippen LogP contribution in [0.15, 0.2) is 0 Å². The molecule has 6 fully saturated rings. The third-order valence-corrected chi connectivity index (χ3v) is 12.5. The molecule has 0 aromatic heterocycles. The predicted octanol–water partition coefficient (Wildman–Crippen LogP) is 5.16. The summed E-state index contributed by atoms with van der Waals surface area (Å²) in [5.41, 5.74) is 0.568.